The van der Waals surface area contributed by atoms with E-state index in [0.29, 0.717) is 6.61 Å². The summed E-state index contributed by atoms with van der Waals surface area (Å²) in [5.74, 6) is 1.00. The molecule has 1 heterocycles. The van der Waals surface area contributed by atoms with Crippen LogP contribution in [0.3, 0.4) is 0 Å². The zero-order chi connectivity index (χ0) is 10.5. The molecule has 15 heavy (non-hydrogen) atoms. The van der Waals surface area contributed by atoms with Gasteiger partial charge in [0.15, 0.2) is 0 Å². The molecular weight excluding hydrogens is 192 g/mol. The van der Waals surface area contributed by atoms with Crippen LogP contribution >= 0.6 is 0 Å². The van der Waals surface area contributed by atoms with Gasteiger partial charge in [-0.05, 0) is 24.3 Å². The lowest BCUT2D eigenvalue weighted by atomic mass is 10.3. The maximum absolute atomic E-state index is 9.06. The first-order valence-corrected chi connectivity index (χ1v) is 4.72. The van der Waals surface area contributed by atoms with E-state index in [1.807, 2.05) is 10.8 Å². The van der Waals surface area contributed by atoms with Crippen molar-refractivity contribution in [2.45, 2.75) is 6.54 Å². The maximum Gasteiger partial charge on any atom is 0.119 e. The summed E-state index contributed by atoms with van der Waals surface area (Å²) in [6, 6.07) is 6.69. The van der Waals surface area contributed by atoms with Crippen LogP contribution < -0.4 is 4.74 Å². The van der Waals surface area contributed by atoms with Crippen molar-refractivity contribution in [1.82, 2.24) is 9.55 Å². The molecule has 0 atom stereocenters. The average molecular weight is 204 g/mol. The lowest BCUT2D eigenvalue weighted by Gasteiger charge is -2.06. The summed E-state index contributed by atoms with van der Waals surface area (Å²) >= 11 is 0. The van der Waals surface area contributed by atoms with Gasteiger partial charge in [-0.25, -0.2) is 4.98 Å². The highest BCUT2D eigenvalue weighted by atomic mass is 16.5. The summed E-state index contributed by atoms with van der Waals surface area (Å²) in [5.41, 5.74) is 0. The van der Waals surface area contributed by atoms with Gasteiger partial charge in [-0.2, -0.15) is 0 Å². The molecule has 0 saturated heterocycles. The van der Waals surface area contributed by atoms with Gasteiger partial charge in [0.1, 0.15) is 18.1 Å². The van der Waals surface area contributed by atoms with Gasteiger partial charge < -0.3 is 14.4 Å². The van der Waals surface area contributed by atoms with Crippen LogP contribution in [0.5, 0.6) is 11.5 Å². The standard InChI is InChI=1S/C11H12N2O2/c14-10-1-3-11(4-2-10)15-8-7-13-6-5-12-9-13/h1-6,9,14H,7-8H2. The minimum absolute atomic E-state index is 0.247. The molecule has 1 aromatic heterocycles. The lowest BCUT2D eigenvalue weighted by Crippen LogP contribution is -2.06. The molecule has 78 valence electrons. The Morgan fingerprint density at radius 2 is 2.07 bits per heavy atom. The fraction of sp³-hybridized carbons (Fsp3) is 0.182. The average Bonchev–Trinajstić information content (AvgIpc) is 2.74. The van der Waals surface area contributed by atoms with Crippen molar-refractivity contribution in [2.24, 2.45) is 0 Å². The molecular formula is C11H12N2O2. The highest BCUT2D eigenvalue weighted by Crippen LogP contribution is 2.15. The topological polar surface area (TPSA) is 47.3 Å². The number of phenols is 1. The Morgan fingerprint density at radius 1 is 1.27 bits per heavy atom. The van der Waals surface area contributed by atoms with Crippen LogP contribution in [-0.4, -0.2) is 21.3 Å². The second-order valence-corrected chi connectivity index (χ2v) is 3.14. The third-order valence-corrected chi connectivity index (χ3v) is 2.01. The number of rotatable bonds is 4. The van der Waals surface area contributed by atoms with E-state index in [1.54, 1.807) is 36.8 Å². The molecule has 1 N–H and O–H groups in total. The van der Waals surface area contributed by atoms with Gasteiger partial charge in [0.25, 0.3) is 0 Å². The van der Waals surface area contributed by atoms with E-state index in [-0.39, 0.29) is 5.75 Å². The number of imidazole rings is 1. The van der Waals surface area contributed by atoms with Gasteiger partial charge in [0.05, 0.1) is 12.9 Å². The molecule has 0 amide bonds. The minimum atomic E-state index is 0.247. The van der Waals surface area contributed by atoms with Crippen molar-refractivity contribution < 1.29 is 9.84 Å². The number of aromatic nitrogens is 2. The minimum Gasteiger partial charge on any atom is -0.508 e. The zero-order valence-electron chi connectivity index (χ0n) is 8.21. The van der Waals surface area contributed by atoms with Crippen LogP contribution in [0, 0.1) is 0 Å². The van der Waals surface area contributed by atoms with Gasteiger partial charge in [-0.1, -0.05) is 0 Å². The first kappa shape index (κ1) is 9.58. The highest BCUT2D eigenvalue weighted by Gasteiger charge is 1.94. The van der Waals surface area contributed by atoms with Crippen LogP contribution in [0.1, 0.15) is 0 Å². The molecule has 0 saturated carbocycles. The monoisotopic (exact) mass is 204 g/mol. The van der Waals surface area contributed by atoms with E-state index in [9.17, 15) is 0 Å². The molecule has 0 spiro atoms. The Balaban J connectivity index is 1.81. The third-order valence-electron chi connectivity index (χ3n) is 2.01. The molecule has 0 aliphatic rings. The number of nitrogens with zero attached hydrogens (tertiary/aromatic N) is 2. The quantitative estimate of drug-likeness (QED) is 0.824. The molecule has 0 bridgehead atoms. The Kier molecular flexibility index (Phi) is 2.88. The first-order chi connectivity index (χ1) is 7.34. The fourth-order valence-corrected chi connectivity index (χ4v) is 1.23. The van der Waals surface area contributed by atoms with Crippen molar-refractivity contribution in [2.75, 3.05) is 6.61 Å². The van der Waals surface area contributed by atoms with Gasteiger partial charge in [-0.15, -0.1) is 0 Å². The number of benzene rings is 1. The zero-order valence-corrected chi connectivity index (χ0v) is 8.21. The van der Waals surface area contributed by atoms with Gasteiger partial charge in [-0.3, -0.25) is 0 Å². The SMILES string of the molecule is Oc1ccc(OCCn2ccnc2)cc1. The van der Waals surface area contributed by atoms with E-state index in [1.165, 1.54) is 0 Å². The number of aromatic hydroxyl groups is 1. The van der Waals surface area contributed by atoms with Crippen LogP contribution in [0.25, 0.3) is 0 Å². The van der Waals surface area contributed by atoms with Gasteiger partial charge in [0.2, 0.25) is 0 Å². The molecule has 2 aromatic rings. The summed E-state index contributed by atoms with van der Waals surface area (Å²) in [5, 5.41) is 9.06. The summed E-state index contributed by atoms with van der Waals surface area (Å²) in [7, 11) is 0. The van der Waals surface area contributed by atoms with E-state index >= 15 is 0 Å². The van der Waals surface area contributed by atoms with Crippen molar-refractivity contribution in [3.63, 3.8) is 0 Å². The largest absolute Gasteiger partial charge is 0.508 e. The highest BCUT2D eigenvalue weighted by molar-refractivity contribution is 5.29. The van der Waals surface area contributed by atoms with Crippen molar-refractivity contribution in [3.05, 3.63) is 43.0 Å². The first-order valence-electron chi connectivity index (χ1n) is 4.72. The lowest BCUT2D eigenvalue weighted by molar-refractivity contribution is 0.298. The second kappa shape index (κ2) is 4.50. The number of hydrogen-bond acceptors (Lipinski definition) is 3. The van der Waals surface area contributed by atoms with Crippen molar-refractivity contribution >= 4 is 0 Å². The van der Waals surface area contributed by atoms with E-state index < -0.39 is 0 Å². The maximum atomic E-state index is 9.06. The van der Waals surface area contributed by atoms with Crippen LogP contribution in [0.2, 0.25) is 0 Å². The predicted octanol–water partition coefficient (Wildman–Crippen LogP) is 1.67. The molecule has 0 aliphatic carbocycles. The predicted molar refractivity (Wildman–Crippen MR) is 55.8 cm³/mol. The molecule has 1 aromatic carbocycles. The molecule has 0 radical (unpaired) electrons. The Bertz CT molecular complexity index is 395. The summed E-state index contributed by atoms with van der Waals surface area (Å²) in [6.45, 7) is 1.35. The fourth-order valence-electron chi connectivity index (χ4n) is 1.23. The molecule has 0 aliphatic heterocycles. The number of ether oxygens (including phenoxy) is 1. The van der Waals surface area contributed by atoms with E-state index in [0.717, 1.165) is 12.3 Å². The third kappa shape index (κ3) is 2.74. The molecule has 0 fully saturated rings. The number of hydrogen-bond donors (Lipinski definition) is 1. The molecule has 0 unspecified atom stereocenters. The van der Waals surface area contributed by atoms with Crippen LogP contribution in [0.4, 0.5) is 0 Å². The van der Waals surface area contributed by atoms with Crippen LogP contribution in [-0.2, 0) is 6.54 Å². The number of phenolic OH excluding ortho intramolecular Hbond substituents is 1. The molecule has 4 heteroatoms. The normalized spacial score (nSPS) is 10.1. The summed E-state index contributed by atoms with van der Waals surface area (Å²) < 4.78 is 7.42. The van der Waals surface area contributed by atoms with Crippen LogP contribution in [0.15, 0.2) is 43.0 Å². The van der Waals surface area contributed by atoms with E-state index in [4.69, 9.17) is 9.84 Å². The van der Waals surface area contributed by atoms with Crippen molar-refractivity contribution in [3.8, 4) is 11.5 Å². The summed E-state index contributed by atoms with van der Waals surface area (Å²) in [4.78, 5) is 3.93. The Labute approximate surface area is 87.8 Å². The Hall–Kier alpha value is -1.97. The molecule has 4 nitrogen and oxygen atoms in total. The van der Waals surface area contributed by atoms with Gasteiger partial charge in [0, 0.05) is 12.4 Å². The second-order valence-electron chi connectivity index (χ2n) is 3.14. The molecule has 2 rings (SSSR count). The summed E-state index contributed by atoms with van der Waals surface area (Å²) in [6.07, 6.45) is 5.38. The van der Waals surface area contributed by atoms with E-state index in [2.05, 4.69) is 4.98 Å². The van der Waals surface area contributed by atoms with Gasteiger partial charge >= 0.3 is 0 Å². The smallest absolute Gasteiger partial charge is 0.119 e. The van der Waals surface area contributed by atoms with Crippen molar-refractivity contribution in [1.29, 1.82) is 0 Å². The Morgan fingerprint density at radius 3 is 2.73 bits per heavy atom.